The van der Waals surface area contributed by atoms with Crippen LogP contribution in [-0.2, 0) is 16.1 Å². The number of furan rings is 1. The van der Waals surface area contributed by atoms with Gasteiger partial charge in [0.1, 0.15) is 0 Å². The molecule has 0 aliphatic heterocycles. The maximum absolute atomic E-state index is 11.7. The van der Waals surface area contributed by atoms with Gasteiger partial charge in [0.15, 0.2) is 5.76 Å². The Bertz CT molecular complexity index is 693. The average molecular weight is 329 g/mol. The molecule has 126 valence electrons. The Kier molecular flexibility index (Phi) is 6.13. The van der Waals surface area contributed by atoms with Crippen molar-refractivity contribution >= 4 is 17.7 Å². The van der Waals surface area contributed by atoms with Gasteiger partial charge in [-0.25, -0.2) is 0 Å². The zero-order valence-electron chi connectivity index (χ0n) is 13.3. The lowest BCUT2D eigenvalue weighted by molar-refractivity contribution is -0.125. The highest BCUT2D eigenvalue weighted by Crippen LogP contribution is 2.02. The monoisotopic (exact) mass is 329 g/mol. The SMILES string of the molecule is Cc1ccc(CNC(=O)CNC(=O)CNC(=O)c2ccco2)cc1. The van der Waals surface area contributed by atoms with E-state index in [9.17, 15) is 14.4 Å². The second-order valence-electron chi connectivity index (χ2n) is 5.20. The number of rotatable bonds is 7. The predicted octanol–water partition coefficient (Wildman–Crippen LogP) is 0.750. The van der Waals surface area contributed by atoms with Gasteiger partial charge in [0.2, 0.25) is 11.8 Å². The molecule has 1 aromatic heterocycles. The molecule has 2 aromatic rings. The standard InChI is InChI=1S/C17H19N3O4/c1-12-4-6-13(7-5-12)9-18-15(21)10-19-16(22)11-20-17(23)14-3-2-8-24-14/h2-8H,9-11H2,1H3,(H,18,21)(H,19,22)(H,20,23). The molecule has 0 saturated carbocycles. The van der Waals surface area contributed by atoms with Crippen LogP contribution in [-0.4, -0.2) is 30.8 Å². The van der Waals surface area contributed by atoms with E-state index >= 15 is 0 Å². The summed E-state index contributed by atoms with van der Waals surface area (Å²) in [6.45, 7) is 2.00. The van der Waals surface area contributed by atoms with Gasteiger partial charge in [-0.05, 0) is 24.6 Å². The number of hydrogen-bond donors (Lipinski definition) is 3. The summed E-state index contributed by atoms with van der Waals surface area (Å²) in [5, 5.41) is 7.53. The van der Waals surface area contributed by atoms with E-state index in [0.29, 0.717) is 6.54 Å². The van der Waals surface area contributed by atoms with Gasteiger partial charge in [-0.1, -0.05) is 29.8 Å². The quantitative estimate of drug-likeness (QED) is 0.698. The fourth-order valence-corrected chi connectivity index (χ4v) is 1.87. The van der Waals surface area contributed by atoms with Gasteiger partial charge in [-0.15, -0.1) is 0 Å². The molecule has 0 aliphatic rings. The molecule has 0 aliphatic carbocycles. The topological polar surface area (TPSA) is 100 Å². The maximum atomic E-state index is 11.7. The summed E-state index contributed by atoms with van der Waals surface area (Å²) in [7, 11) is 0. The van der Waals surface area contributed by atoms with Crippen molar-refractivity contribution in [1.29, 1.82) is 0 Å². The smallest absolute Gasteiger partial charge is 0.287 e. The lowest BCUT2D eigenvalue weighted by Gasteiger charge is -2.08. The largest absolute Gasteiger partial charge is 0.459 e. The number of hydrogen-bond acceptors (Lipinski definition) is 4. The first-order valence-corrected chi connectivity index (χ1v) is 7.45. The lowest BCUT2D eigenvalue weighted by atomic mass is 10.1. The number of benzene rings is 1. The van der Waals surface area contributed by atoms with E-state index in [1.54, 1.807) is 6.07 Å². The second-order valence-corrected chi connectivity index (χ2v) is 5.20. The zero-order valence-corrected chi connectivity index (χ0v) is 13.3. The van der Waals surface area contributed by atoms with Gasteiger partial charge in [0.25, 0.3) is 5.91 Å². The zero-order chi connectivity index (χ0) is 17.4. The van der Waals surface area contributed by atoms with Crippen LogP contribution in [0.4, 0.5) is 0 Å². The molecule has 0 radical (unpaired) electrons. The third kappa shape index (κ3) is 5.60. The molecule has 24 heavy (non-hydrogen) atoms. The first-order chi connectivity index (χ1) is 11.5. The highest BCUT2D eigenvalue weighted by atomic mass is 16.3. The minimum atomic E-state index is -0.487. The Hall–Kier alpha value is -3.09. The van der Waals surface area contributed by atoms with E-state index in [0.717, 1.165) is 11.1 Å². The van der Waals surface area contributed by atoms with Gasteiger partial charge in [0, 0.05) is 6.54 Å². The summed E-state index contributed by atoms with van der Waals surface area (Å²) in [6.07, 6.45) is 1.37. The molecule has 1 heterocycles. The van der Waals surface area contributed by atoms with Crippen molar-refractivity contribution in [3.05, 3.63) is 59.5 Å². The molecule has 0 atom stereocenters. The number of aryl methyl sites for hydroxylation is 1. The first kappa shape index (κ1) is 17.3. The van der Waals surface area contributed by atoms with E-state index in [4.69, 9.17) is 4.42 Å². The normalized spacial score (nSPS) is 10.0. The van der Waals surface area contributed by atoms with Gasteiger partial charge in [-0.3, -0.25) is 14.4 Å². The van der Waals surface area contributed by atoms with Gasteiger partial charge in [0.05, 0.1) is 19.4 Å². The number of nitrogens with one attached hydrogen (secondary N) is 3. The fourth-order valence-electron chi connectivity index (χ4n) is 1.87. The highest BCUT2D eigenvalue weighted by molar-refractivity contribution is 5.94. The molecule has 3 N–H and O–H groups in total. The van der Waals surface area contributed by atoms with Crippen LogP contribution >= 0.6 is 0 Å². The lowest BCUT2D eigenvalue weighted by Crippen LogP contribution is -2.41. The van der Waals surface area contributed by atoms with Crippen LogP contribution < -0.4 is 16.0 Å². The van der Waals surface area contributed by atoms with Crippen molar-refractivity contribution in [2.45, 2.75) is 13.5 Å². The molecular formula is C17H19N3O4. The average Bonchev–Trinajstić information content (AvgIpc) is 3.12. The van der Waals surface area contributed by atoms with E-state index < -0.39 is 11.8 Å². The van der Waals surface area contributed by atoms with Crippen LogP contribution in [0.2, 0.25) is 0 Å². The van der Waals surface area contributed by atoms with Crippen LogP contribution in [0.5, 0.6) is 0 Å². The third-order valence-corrected chi connectivity index (χ3v) is 3.21. The highest BCUT2D eigenvalue weighted by Gasteiger charge is 2.10. The van der Waals surface area contributed by atoms with E-state index in [2.05, 4.69) is 16.0 Å². The summed E-state index contributed by atoms with van der Waals surface area (Å²) >= 11 is 0. The van der Waals surface area contributed by atoms with Crippen LogP contribution in [0.15, 0.2) is 47.1 Å². The molecule has 7 nitrogen and oxygen atoms in total. The molecule has 0 bridgehead atoms. The molecule has 3 amide bonds. The van der Waals surface area contributed by atoms with E-state index in [1.807, 2.05) is 31.2 Å². The van der Waals surface area contributed by atoms with Crippen LogP contribution in [0.3, 0.4) is 0 Å². The molecule has 0 spiro atoms. The Morgan fingerprint density at radius 2 is 1.58 bits per heavy atom. The number of carbonyl (C=O) groups excluding carboxylic acids is 3. The van der Waals surface area contributed by atoms with Crippen molar-refractivity contribution in [3.63, 3.8) is 0 Å². The van der Waals surface area contributed by atoms with E-state index in [1.165, 1.54) is 12.3 Å². The molecule has 0 unspecified atom stereocenters. The van der Waals surface area contributed by atoms with Gasteiger partial charge >= 0.3 is 0 Å². The summed E-state index contributed by atoms with van der Waals surface area (Å²) in [4.78, 5) is 34.8. The van der Waals surface area contributed by atoms with Crippen molar-refractivity contribution in [1.82, 2.24) is 16.0 Å². The van der Waals surface area contributed by atoms with Crippen molar-refractivity contribution in [2.75, 3.05) is 13.1 Å². The first-order valence-electron chi connectivity index (χ1n) is 7.45. The van der Waals surface area contributed by atoms with Crippen molar-refractivity contribution in [3.8, 4) is 0 Å². The Morgan fingerprint density at radius 3 is 2.25 bits per heavy atom. The minimum absolute atomic E-state index is 0.124. The van der Waals surface area contributed by atoms with Crippen LogP contribution in [0.1, 0.15) is 21.7 Å². The number of amides is 3. The molecule has 2 rings (SSSR count). The molecule has 7 heteroatoms. The molecule has 1 aromatic carbocycles. The number of carbonyl (C=O) groups is 3. The summed E-state index contributed by atoms with van der Waals surface area (Å²) < 4.78 is 4.90. The summed E-state index contributed by atoms with van der Waals surface area (Å²) in [6, 6.07) is 10.9. The maximum Gasteiger partial charge on any atom is 0.287 e. The Balaban J connectivity index is 1.63. The molecular weight excluding hydrogens is 310 g/mol. The second kappa shape index (κ2) is 8.52. The molecule has 0 saturated heterocycles. The Labute approximate surface area is 139 Å². The van der Waals surface area contributed by atoms with Gasteiger partial charge < -0.3 is 20.4 Å². The minimum Gasteiger partial charge on any atom is -0.459 e. The van der Waals surface area contributed by atoms with Crippen molar-refractivity contribution < 1.29 is 18.8 Å². The Morgan fingerprint density at radius 1 is 0.917 bits per heavy atom. The third-order valence-electron chi connectivity index (χ3n) is 3.21. The predicted molar refractivity (Wildman–Crippen MR) is 87.1 cm³/mol. The van der Waals surface area contributed by atoms with Crippen molar-refractivity contribution in [2.24, 2.45) is 0 Å². The van der Waals surface area contributed by atoms with E-state index in [-0.39, 0.29) is 24.8 Å². The summed E-state index contributed by atoms with van der Waals surface area (Å²) in [5.41, 5.74) is 2.12. The van der Waals surface area contributed by atoms with Crippen LogP contribution in [0.25, 0.3) is 0 Å². The van der Waals surface area contributed by atoms with Gasteiger partial charge in [-0.2, -0.15) is 0 Å². The summed E-state index contributed by atoms with van der Waals surface area (Å²) in [5.74, 6) is -1.13. The fraction of sp³-hybridized carbons (Fsp3) is 0.235. The van der Waals surface area contributed by atoms with Crippen LogP contribution in [0, 0.1) is 6.92 Å². The molecule has 0 fully saturated rings.